The van der Waals surface area contributed by atoms with Crippen LogP contribution in [-0.2, 0) is 11.3 Å². The van der Waals surface area contributed by atoms with E-state index in [-0.39, 0.29) is 0 Å². The molecule has 0 N–H and O–H groups in total. The summed E-state index contributed by atoms with van der Waals surface area (Å²) < 4.78 is 5.36. The Morgan fingerprint density at radius 3 is 2.81 bits per heavy atom. The van der Waals surface area contributed by atoms with Crippen molar-refractivity contribution in [3.63, 3.8) is 0 Å². The van der Waals surface area contributed by atoms with Gasteiger partial charge < -0.3 is 4.74 Å². The summed E-state index contributed by atoms with van der Waals surface area (Å²) in [5.74, 6) is 0. The maximum Gasteiger partial charge on any atom is 0.129 e. The second-order valence-electron chi connectivity index (χ2n) is 4.25. The molecule has 3 nitrogen and oxygen atoms in total. The minimum atomic E-state index is 0.553. The zero-order chi connectivity index (χ0) is 11.4. The summed E-state index contributed by atoms with van der Waals surface area (Å²) in [5, 5.41) is 0.553. The van der Waals surface area contributed by atoms with Gasteiger partial charge in [-0.15, -0.1) is 0 Å². The van der Waals surface area contributed by atoms with E-state index in [0.717, 1.165) is 32.6 Å². The zero-order valence-corrected chi connectivity index (χ0v) is 10.3. The van der Waals surface area contributed by atoms with Gasteiger partial charge in [0.1, 0.15) is 5.15 Å². The molecule has 1 aliphatic rings. The number of rotatable bonds is 3. The highest BCUT2D eigenvalue weighted by Gasteiger charge is 2.18. The molecule has 2 rings (SSSR count). The third-order valence-corrected chi connectivity index (χ3v) is 3.26. The van der Waals surface area contributed by atoms with Gasteiger partial charge in [-0.1, -0.05) is 17.7 Å². The molecule has 16 heavy (non-hydrogen) atoms. The molecule has 1 aromatic heterocycles. The Balaban J connectivity index is 1.90. The highest BCUT2D eigenvalue weighted by molar-refractivity contribution is 6.29. The largest absolute Gasteiger partial charge is 0.381 e. The molecule has 0 saturated carbocycles. The first-order chi connectivity index (χ1) is 7.75. The molecule has 0 radical (unpaired) electrons. The third kappa shape index (κ3) is 3.17. The van der Waals surface area contributed by atoms with Gasteiger partial charge in [0.2, 0.25) is 0 Å². The van der Waals surface area contributed by atoms with Gasteiger partial charge in [-0.3, -0.25) is 4.90 Å². The fraction of sp³-hybridized carbons (Fsp3) is 0.583. The van der Waals surface area contributed by atoms with Crippen molar-refractivity contribution in [2.24, 2.45) is 0 Å². The molecule has 1 fully saturated rings. The second-order valence-corrected chi connectivity index (χ2v) is 4.64. The van der Waals surface area contributed by atoms with Crippen LogP contribution in [0.2, 0.25) is 5.15 Å². The summed E-state index contributed by atoms with van der Waals surface area (Å²) in [5.41, 5.74) is 1.21. The predicted octanol–water partition coefficient (Wildman–Crippen LogP) is 2.35. The van der Waals surface area contributed by atoms with Crippen LogP contribution in [0, 0.1) is 0 Å². The zero-order valence-electron chi connectivity index (χ0n) is 9.53. The van der Waals surface area contributed by atoms with E-state index in [0.29, 0.717) is 11.2 Å². The van der Waals surface area contributed by atoms with E-state index in [1.54, 1.807) is 0 Å². The first kappa shape index (κ1) is 11.8. The number of nitrogens with zero attached hydrogens (tertiary/aromatic N) is 2. The SMILES string of the molecule is CN(Cc1ccc(Cl)nc1)C1CCOCC1. The second kappa shape index (κ2) is 5.62. The van der Waals surface area contributed by atoms with E-state index in [2.05, 4.69) is 16.9 Å². The number of aromatic nitrogens is 1. The molecular weight excluding hydrogens is 224 g/mol. The van der Waals surface area contributed by atoms with Crippen molar-refractivity contribution < 1.29 is 4.74 Å². The van der Waals surface area contributed by atoms with Crippen molar-refractivity contribution in [2.75, 3.05) is 20.3 Å². The summed E-state index contributed by atoms with van der Waals surface area (Å²) in [6, 6.07) is 4.50. The van der Waals surface area contributed by atoms with Gasteiger partial charge in [-0.25, -0.2) is 4.98 Å². The van der Waals surface area contributed by atoms with Gasteiger partial charge in [0, 0.05) is 32.0 Å². The van der Waals surface area contributed by atoms with E-state index in [9.17, 15) is 0 Å². The number of hydrogen-bond donors (Lipinski definition) is 0. The molecule has 2 heterocycles. The standard InChI is InChI=1S/C12H17ClN2O/c1-15(11-4-6-16-7-5-11)9-10-2-3-12(13)14-8-10/h2-3,8,11H,4-7,9H2,1H3. The molecule has 1 aromatic rings. The molecule has 0 unspecified atom stereocenters. The Labute approximate surface area is 101 Å². The van der Waals surface area contributed by atoms with E-state index in [4.69, 9.17) is 16.3 Å². The highest BCUT2D eigenvalue weighted by atomic mass is 35.5. The Bertz CT molecular complexity index is 322. The van der Waals surface area contributed by atoms with E-state index in [1.165, 1.54) is 5.56 Å². The van der Waals surface area contributed by atoms with Gasteiger partial charge >= 0.3 is 0 Å². The number of pyridine rings is 1. The van der Waals surface area contributed by atoms with Crippen LogP contribution in [0.25, 0.3) is 0 Å². The number of ether oxygens (including phenoxy) is 1. The van der Waals surface area contributed by atoms with Crippen LogP contribution in [0.5, 0.6) is 0 Å². The van der Waals surface area contributed by atoms with E-state index < -0.39 is 0 Å². The van der Waals surface area contributed by atoms with E-state index in [1.807, 2.05) is 18.3 Å². The minimum Gasteiger partial charge on any atom is -0.381 e. The molecule has 0 amide bonds. The van der Waals surface area contributed by atoms with Gasteiger partial charge in [0.15, 0.2) is 0 Å². The van der Waals surface area contributed by atoms with Crippen molar-refractivity contribution in [3.8, 4) is 0 Å². The van der Waals surface area contributed by atoms with Gasteiger partial charge in [0.25, 0.3) is 0 Å². The summed E-state index contributed by atoms with van der Waals surface area (Å²) in [6.45, 7) is 2.69. The van der Waals surface area contributed by atoms with Gasteiger partial charge in [0.05, 0.1) is 0 Å². The van der Waals surface area contributed by atoms with Crippen LogP contribution in [-0.4, -0.2) is 36.2 Å². The lowest BCUT2D eigenvalue weighted by atomic mass is 10.1. The predicted molar refractivity (Wildman–Crippen MR) is 64.6 cm³/mol. The van der Waals surface area contributed by atoms with Crippen LogP contribution in [0.4, 0.5) is 0 Å². The van der Waals surface area contributed by atoms with Crippen molar-refractivity contribution in [2.45, 2.75) is 25.4 Å². The molecule has 0 bridgehead atoms. The van der Waals surface area contributed by atoms with Crippen molar-refractivity contribution >= 4 is 11.6 Å². The maximum atomic E-state index is 5.76. The Hall–Kier alpha value is -0.640. The van der Waals surface area contributed by atoms with Crippen LogP contribution in [0.15, 0.2) is 18.3 Å². The Kier molecular flexibility index (Phi) is 4.16. The van der Waals surface area contributed by atoms with Crippen LogP contribution >= 0.6 is 11.6 Å². The van der Waals surface area contributed by atoms with Crippen LogP contribution in [0.3, 0.4) is 0 Å². The number of halogens is 1. The minimum absolute atomic E-state index is 0.553. The van der Waals surface area contributed by atoms with Crippen LogP contribution in [0.1, 0.15) is 18.4 Å². The van der Waals surface area contributed by atoms with Crippen molar-refractivity contribution in [1.29, 1.82) is 0 Å². The molecular formula is C12H17ClN2O. The molecule has 0 atom stereocenters. The lowest BCUT2D eigenvalue weighted by Crippen LogP contribution is -2.36. The monoisotopic (exact) mass is 240 g/mol. The topological polar surface area (TPSA) is 25.4 Å². The Morgan fingerprint density at radius 2 is 2.19 bits per heavy atom. The highest BCUT2D eigenvalue weighted by Crippen LogP contribution is 2.15. The average Bonchev–Trinajstić information content (AvgIpc) is 2.33. The van der Waals surface area contributed by atoms with Crippen molar-refractivity contribution in [3.05, 3.63) is 29.0 Å². The van der Waals surface area contributed by atoms with Crippen LogP contribution < -0.4 is 0 Å². The molecule has 0 aromatic carbocycles. The molecule has 1 aliphatic heterocycles. The summed E-state index contributed by atoms with van der Waals surface area (Å²) >= 11 is 5.76. The van der Waals surface area contributed by atoms with Gasteiger partial charge in [-0.05, 0) is 31.5 Å². The Morgan fingerprint density at radius 1 is 1.44 bits per heavy atom. The van der Waals surface area contributed by atoms with Crippen molar-refractivity contribution in [1.82, 2.24) is 9.88 Å². The summed E-state index contributed by atoms with van der Waals surface area (Å²) in [6.07, 6.45) is 4.09. The number of hydrogen-bond acceptors (Lipinski definition) is 3. The smallest absolute Gasteiger partial charge is 0.129 e. The third-order valence-electron chi connectivity index (χ3n) is 3.03. The average molecular weight is 241 g/mol. The summed E-state index contributed by atoms with van der Waals surface area (Å²) in [7, 11) is 2.16. The fourth-order valence-corrected chi connectivity index (χ4v) is 2.15. The lowest BCUT2D eigenvalue weighted by Gasteiger charge is -2.31. The fourth-order valence-electron chi connectivity index (χ4n) is 2.04. The van der Waals surface area contributed by atoms with Gasteiger partial charge in [-0.2, -0.15) is 0 Å². The molecule has 88 valence electrons. The molecule has 1 saturated heterocycles. The molecule has 0 aliphatic carbocycles. The molecule has 4 heteroatoms. The quantitative estimate of drug-likeness (QED) is 0.759. The normalized spacial score (nSPS) is 17.9. The summed E-state index contributed by atoms with van der Waals surface area (Å²) in [4.78, 5) is 6.46. The first-order valence-electron chi connectivity index (χ1n) is 5.64. The lowest BCUT2D eigenvalue weighted by molar-refractivity contribution is 0.0406. The molecule has 0 spiro atoms. The maximum absolute atomic E-state index is 5.76. The van der Waals surface area contributed by atoms with E-state index >= 15 is 0 Å². The first-order valence-corrected chi connectivity index (χ1v) is 6.02.